The molecule has 8 aromatic rings. The van der Waals surface area contributed by atoms with Crippen LogP contribution in [0.15, 0.2) is 146 Å². The highest BCUT2D eigenvalue weighted by molar-refractivity contribution is 5.85. The highest BCUT2D eigenvalue weighted by Crippen LogP contribution is 2.30. The van der Waals surface area contributed by atoms with E-state index in [1.54, 1.807) is 48.5 Å². The van der Waals surface area contributed by atoms with Gasteiger partial charge in [0, 0.05) is 115 Å². The van der Waals surface area contributed by atoms with Crippen LogP contribution in [0.2, 0.25) is 0 Å². The summed E-state index contributed by atoms with van der Waals surface area (Å²) in [7, 11) is 0. The molecule has 0 fully saturated rings. The third kappa shape index (κ3) is 6.60. The molecule has 4 aromatic heterocycles. The van der Waals surface area contributed by atoms with Gasteiger partial charge in [0.1, 0.15) is 0 Å². The number of nitrogens with one attached hydrogen (secondary N) is 4. The van der Waals surface area contributed by atoms with Crippen molar-refractivity contribution in [3.8, 4) is 0 Å². The Morgan fingerprint density at radius 1 is 0.267 bits per heavy atom. The molecule has 0 saturated carbocycles. The van der Waals surface area contributed by atoms with Crippen LogP contribution in [0.1, 0.15) is 45.0 Å². The van der Waals surface area contributed by atoms with Crippen LogP contribution in [-0.2, 0) is 0 Å². The van der Waals surface area contributed by atoms with Crippen molar-refractivity contribution < 1.29 is 19.7 Å². The summed E-state index contributed by atoms with van der Waals surface area (Å²) in [4.78, 5) is 58.9. The van der Waals surface area contributed by atoms with Gasteiger partial charge in [-0.1, -0.05) is 0 Å². The van der Waals surface area contributed by atoms with Gasteiger partial charge in [0.2, 0.25) is 0 Å². The number of nitrogens with zero attached hydrogens (tertiary/aromatic N) is 4. The van der Waals surface area contributed by atoms with Crippen LogP contribution >= 0.6 is 0 Å². The average molecular weight is 797 g/mol. The summed E-state index contributed by atoms with van der Waals surface area (Å²) in [6.07, 6.45) is 0. The number of benzene rings is 4. The first-order chi connectivity index (χ1) is 29.0. The maximum Gasteiger partial charge on any atom is 0.269 e. The predicted molar refractivity (Wildman–Crippen MR) is 221 cm³/mol. The third-order valence-electron chi connectivity index (χ3n) is 10.4. The SMILES string of the molecule is O=[N+]([O-])c1ccc(/C2=c3\cc/c([nH]3)=C(\c3ccc([N+](=O)[O-])cc3)c3ccc([nH]3)/C(c3ccc([N+](=O)[O-])cc3)=c3/cc/c([nH]3)=C(\c3ccc([N+](=O)[O-])cc3)c3ccc2[nH]3)cc1. The van der Waals surface area contributed by atoms with E-state index in [1.807, 2.05) is 48.5 Å². The van der Waals surface area contributed by atoms with Crippen molar-refractivity contribution in [2.45, 2.75) is 0 Å². The van der Waals surface area contributed by atoms with Gasteiger partial charge in [0.05, 0.1) is 19.7 Å². The molecule has 4 N–H and O–H groups in total. The predicted octanol–water partition coefficient (Wildman–Crippen LogP) is 5.93. The first-order valence-electron chi connectivity index (χ1n) is 18.3. The molecule has 0 unspecified atom stereocenters. The van der Waals surface area contributed by atoms with Crippen molar-refractivity contribution in [3.63, 3.8) is 0 Å². The summed E-state index contributed by atoms with van der Waals surface area (Å²) in [5.74, 6) is 0. The Morgan fingerprint density at radius 3 is 0.650 bits per heavy atom. The monoisotopic (exact) mass is 796 g/mol. The lowest BCUT2D eigenvalue weighted by Crippen LogP contribution is -2.19. The molecule has 0 radical (unpaired) electrons. The summed E-state index contributed by atoms with van der Waals surface area (Å²) in [6.45, 7) is 0. The lowest BCUT2D eigenvalue weighted by Gasteiger charge is -2.10. The molecule has 292 valence electrons. The second-order valence-corrected chi connectivity index (χ2v) is 13.9. The van der Waals surface area contributed by atoms with E-state index in [4.69, 9.17) is 0 Å². The Balaban J connectivity index is 1.40. The molecule has 0 saturated heterocycles. The average Bonchev–Trinajstić information content (AvgIpc) is 4.10. The van der Waals surface area contributed by atoms with Crippen molar-refractivity contribution in [1.29, 1.82) is 0 Å². The highest BCUT2D eigenvalue weighted by Gasteiger charge is 2.20. The minimum Gasteiger partial charge on any atom is -0.354 e. The maximum absolute atomic E-state index is 11.6. The molecule has 0 spiro atoms. The molecule has 4 aromatic carbocycles. The van der Waals surface area contributed by atoms with Gasteiger partial charge in [-0.25, -0.2) is 0 Å². The molecule has 0 aliphatic carbocycles. The number of fused-ring (bicyclic) bond motifs is 8. The van der Waals surface area contributed by atoms with Crippen molar-refractivity contribution in [2.75, 3.05) is 0 Å². The van der Waals surface area contributed by atoms with Crippen LogP contribution < -0.4 is 21.4 Å². The zero-order valence-electron chi connectivity index (χ0n) is 30.9. The number of rotatable bonds is 8. The van der Waals surface area contributed by atoms with Crippen molar-refractivity contribution >= 4 is 45.0 Å². The zero-order chi connectivity index (χ0) is 41.7. The Kier molecular flexibility index (Phi) is 8.90. The fraction of sp³-hybridized carbons (Fsp3) is 0. The number of non-ortho nitro benzene ring substituents is 4. The number of nitro benzene ring substituents is 4. The molecule has 8 bridgehead atoms. The fourth-order valence-corrected chi connectivity index (χ4v) is 7.57. The van der Waals surface area contributed by atoms with Crippen LogP contribution in [0, 0.1) is 40.5 Å². The van der Waals surface area contributed by atoms with Crippen LogP contribution in [0.25, 0.3) is 22.3 Å². The molecular formula is C44H28N8O8. The topological polar surface area (TPSA) is 236 Å². The summed E-state index contributed by atoms with van der Waals surface area (Å²) in [6, 6.07) is 39.8. The van der Waals surface area contributed by atoms with E-state index in [1.165, 1.54) is 48.5 Å². The largest absolute Gasteiger partial charge is 0.354 e. The van der Waals surface area contributed by atoms with Gasteiger partial charge in [-0.3, -0.25) is 40.5 Å². The van der Waals surface area contributed by atoms with Gasteiger partial charge in [-0.05, 0) is 119 Å². The summed E-state index contributed by atoms with van der Waals surface area (Å²) in [5.41, 5.74) is 7.57. The zero-order valence-corrected chi connectivity index (χ0v) is 30.9. The van der Waals surface area contributed by atoms with Crippen LogP contribution in [0.3, 0.4) is 0 Å². The molecule has 60 heavy (non-hydrogen) atoms. The highest BCUT2D eigenvalue weighted by atomic mass is 16.6. The van der Waals surface area contributed by atoms with Gasteiger partial charge in [-0.2, -0.15) is 0 Å². The minimum absolute atomic E-state index is 0.0792. The summed E-state index contributed by atoms with van der Waals surface area (Å²) >= 11 is 0. The lowest BCUT2D eigenvalue weighted by atomic mass is 10.0. The molecule has 0 atom stereocenters. The van der Waals surface area contributed by atoms with Gasteiger partial charge in [-0.15, -0.1) is 0 Å². The first-order valence-corrected chi connectivity index (χ1v) is 18.3. The number of H-pyrrole nitrogens is 4. The maximum atomic E-state index is 11.6. The van der Waals surface area contributed by atoms with Gasteiger partial charge < -0.3 is 19.9 Å². The van der Waals surface area contributed by atoms with E-state index in [0.717, 1.165) is 0 Å². The second-order valence-electron chi connectivity index (χ2n) is 13.9. The number of hydrogen-bond acceptors (Lipinski definition) is 8. The van der Waals surface area contributed by atoms with Gasteiger partial charge >= 0.3 is 0 Å². The fourth-order valence-electron chi connectivity index (χ4n) is 7.57. The summed E-state index contributed by atoms with van der Waals surface area (Å²) in [5, 5.41) is 49.1. The van der Waals surface area contributed by atoms with E-state index in [2.05, 4.69) is 19.9 Å². The molecule has 16 heteroatoms. The Morgan fingerprint density at radius 2 is 0.467 bits per heavy atom. The minimum atomic E-state index is -0.469. The van der Waals surface area contributed by atoms with E-state index < -0.39 is 19.7 Å². The number of aromatic amines is 4. The molecule has 5 heterocycles. The van der Waals surface area contributed by atoms with Crippen molar-refractivity contribution in [1.82, 2.24) is 19.9 Å². The van der Waals surface area contributed by atoms with Gasteiger partial charge in [0.15, 0.2) is 0 Å². The van der Waals surface area contributed by atoms with Gasteiger partial charge in [0.25, 0.3) is 22.7 Å². The normalized spacial score (nSPS) is 16.0. The van der Waals surface area contributed by atoms with Crippen LogP contribution in [-0.4, -0.2) is 39.6 Å². The Bertz CT molecular complexity index is 2870. The molecule has 16 nitrogen and oxygen atoms in total. The lowest BCUT2D eigenvalue weighted by molar-refractivity contribution is -0.385. The Hall–Kier alpha value is -8.92. The number of aromatic nitrogens is 4. The smallest absolute Gasteiger partial charge is 0.269 e. The first kappa shape index (κ1) is 36.7. The molecular weight excluding hydrogens is 769 g/mol. The van der Waals surface area contributed by atoms with Crippen LogP contribution in [0.5, 0.6) is 0 Å². The number of nitro groups is 4. The van der Waals surface area contributed by atoms with E-state index >= 15 is 0 Å². The van der Waals surface area contributed by atoms with E-state index in [-0.39, 0.29) is 22.7 Å². The number of hydrogen-bond donors (Lipinski definition) is 4. The standard InChI is InChI=1S/C44H28N8O8/c53-49(54)29-9-1-25(2-10-29)41-33-17-19-35(45-33)42(26-3-11-30(12-4-26)50(55)56)37-21-23-39(47-37)44(28-7-15-32(16-8-28)52(59)60)40-24-22-38(48-40)43(36-20-18-34(41)46-36)27-5-13-31(14-6-27)51(57)58/h1-24,45-48H/b41-33-,41-34?,42-35-,42-37?,43-36?,43-38-,44-39?,44-40-. The van der Waals surface area contributed by atoms with Crippen LogP contribution in [0.4, 0.5) is 22.7 Å². The van der Waals surface area contributed by atoms with Crippen molar-refractivity contribution in [2.24, 2.45) is 0 Å². The van der Waals surface area contributed by atoms with E-state index in [0.29, 0.717) is 88.7 Å². The quantitative estimate of drug-likeness (QED) is 0.106. The molecule has 9 rings (SSSR count). The van der Waals surface area contributed by atoms with E-state index in [9.17, 15) is 40.5 Å². The second kappa shape index (κ2) is 14.5. The molecule has 1 aliphatic rings. The molecule has 0 amide bonds. The summed E-state index contributed by atoms with van der Waals surface area (Å²) < 4.78 is 0. The Labute approximate surface area is 336 Å². The molecule has 1 aliphatic heterocycles. The third-order valence-corrected chi connectivity index (χ3v) is 10.4. The van der Waals surface area contributed by atoms with Crippen molar-refractivity contribution in [3.05, 3.63) is 252 Å².